The lowest BCUT2D eigenvalue weighted by molar-refractivity contribution is -0.148. The molecule has 5 nitrogen and oxygen atoms in total. The van der Waals surface area contributed by atoms with Gasteiger partial charge in [0, 0.05) is 12.5 Å². The second kappa shape index (κ2) is 12.4. The van der Waals surface area contributed by atoms with E-state index >= 15 is 0 Å². The van der Waals surface area contributed by atoms with Gasteiger partial charge < -0.3 is 14.8 Å². The zero-order valence-electron chi connectivity index (χ0n) is 19.8. The third kappa shape index (κ3) is 6.49. The normalized spacial score (nSPS) is 16.7. The van der Waals surface area contributed by atoms with E-state index in [0.717, 1.165) is 25.7 Å². The molecule has 180 valence electrons. The molecule has 0 heterocycles. The van der Waals surface area contributed by atoms with Gasteiger partial charge in [0.1, 0.15) is 12.7 Å². The Balaban J connectivity index is 1.17. The van der Waals surface area contributed by atoms with E-state index in [1.54, 1.807) is 12.2 Å². The second-order valence-electron chi connectivity index (χ2n) is 9.19. The highest BCUT2D eigenvalue weighted by atomic mass is 16.5. The Bertz CT molecular complexity index is 944. The molecular weight excluding hydrogens is 426 g/mol. The number of fused-ring (bicyclic) bond motifs is 3. The van der Waals surface area contributed by atoms with Gasteiger partial charge in [-0.3, -0.25) is 4.79 Å². The van der Waals surface area contributed by atoms with Gasteiger partial charge >= 0.3 is 12.1 Å². The number of carbonyl (C=O) groups excluding carboxylic acids is 2. The van der Waals surface area contributed by atoms with Gasteiger partial charge in [0.15, 0.2) is 0 Å². The maximum absolute atomic E-state index is 12.2. The number of benzene rings is 2. The standard InChI is InChI=1S/C29H35NO4/c31-28(34-22-13-5-3-1-2-4-6-14-22)19-11-12-20-30-29(32)33-21-27-25-17-9-7-15-23(25)24-16-8-10-18-26(24)27/h7-12,15-18,22,27H,1-6,13-14,19-21H2,(H,30,32)/b12-11+. The molecule has 4 rings (SSSR count). The summed E-state index contributed by atoms with van der Waals surface area (Å²) in [6.07, 6.45) is 12.6. The van der Waals surface area contributed by atoms with Crippen molar-refractivity contribution in [2.24, 2.45) is 0 Å². The Hall–Kier alpha value is -3.08. The van der Waals surface area contributed by atoms with Crippen LogP contribution >= 0.6 is 0 Å². The van der Waals surface area contributed by atoms with Crippen molar-refractivity contribution in [3.05, 3.63) is 71.8 Å². The molecule has 2 aliphatic rings. The molecule has 0 spiro atoms. The fraction of sp³-hybridized carbons (Fsp3) is 0.448. The molecule has 1 amide bonds. The van der Waals surface area contributed by atoms with Gasteiger partial charge in [-0.15, -0.1) is 0 Å². The lowest BCUT2D eigenvalue weighted by Crippen LogP contribution is -2.26. The van der Waals surface area contributed by atoms with Gasteiger partial charge in [0.05, 0.1) is 6.42 Å². The summed E-state index contributed by atoms with van der Waals surface area (Å²) in [6.45, 7) is 0.602. The van der Waals surface area contributed by atoms with E-state index in [4.69, 9.17) is 9.47 Å². The van der Waals surface area contributed by atoms with E-state index in [9.17, 15) is 9.59 Å². The molecule has 0 aliphatic heterocycles. The predicted octanol–water partition coefficient (Wildman–Crippen LogP) is 6.52. The SMILES string of the molecule is O=C(C/C=C/CNC(=O)OCC1c2ccccc2-c2ccccc21)OC1CCCCCCCC1. The lowest BCUT2D eigenvalue weighted by Gasteiger charge is -2.16. The van der Waals surface area contributed by atoms with Gasteiger partial charge in [-0.25, -0.2) is 4.79 Å². The zero-order chi connectivity index (χ0) is 23.6. The van der Waals surface area contributed by atoms with Crippen LogP contribution in [0.4, 0.5) is 4.79 Å². The molecule has 2 aliphatic carbocycles. The minimum absolute atomic E-state index is 0.0426. The average molecular weight is 462 g/mol. The third-order valence-electron chi connectivity index (χ3n) is 6.76. The van der Waals surface area contributed by atoms with Crippen LogP contribution in [0, 0.1) is 0 Å². The van der Waals surface area contributed by atoms with Crippen LogP contribution in [0.1, 0.15) is 74.8 Å². The quantitative estimate of drug-likeness (QED) is 0.377. The Morgan fingerprint density at radius 3 is 2.06 bits per heavy atom. The van der Waals surface area contributed by atoms with Crippen molar-refractivity contribution in [1.82, 2.24) is 5.32 Å². The molecule has 1 saturated carbocycles. The molecule has 2 aromatic carbocycles. The lowest BCUT2D eigenvalue weighted by atomic mass is 9.98. The summed E-state index contributed by atoms with van der Waals surface area (Å²) in [4.78, 5) is 24.4. The molecule has 0 atom stereocenters. The van der Waals surface area contributed by atoms with Crippen molar-refractivity contribution < 1.29 is 19.1 Å². The van der Waals surface area contributed by atoms with Gasteiger partial charge in [-0.2, -0.15) is 0 Å². The van der Waals surface area contributed by atoms with Crippen molar-refractivity contribution in [2.75, 3.05) is 13.2 Å². The molecule has 34 heavy (non-hydrogen) atoms. The average Bonchev–Trinajstić information content (AvgIpc) is 3.23. The first kappa shape index (κ1) is 24.1. The highest BCUT2D eigenvalue weighted by molar-refractivity contribution is 5.79. The van der Waals surface area contributed by atoms with Crippen LogP contribution in [-0.4, -0.2) is 31.3 Å². The van der Waals surface area contributed by atoms with Crippen molar-refractivity contribution in [1.29, 1.82) is 0 Å². The smallest absolute Gasteiger partial charge is 0.407 e. The largest absolute Gasteiger partial charge is 0.462 e. The van der Waals surface area contributed by atoms with Crippen molar-refractivity contribution in [2.45, 2.75) is 69.8 Å². The van der Waals surface area contributed by atoms with E-state index in [1.807, 2.05) is 24.3 Å². The molecule has 0 saturated heterocycles. The molecular formula is C29H35NO4. The topological polar surface area (TPSA) is 64.6 Å². The number of hydrogen-bond acceptors (Lipinski definition) is 4. The predicted molar refractivity (Wildman–Crippen MR) is 134 cm³/mol. The maximum Gasteiger partial charge on any atom is 0.407 e. The molecule has 1 fully saturated rings. The minimum atomic E-state index is -0.459. The Morgan fingerprint density at radius 2 is 1.41 bits per heavy atom. The maximum atomic E-state index is 12.2. The van der Waals surface area contributed by atoms with Crippen LogP contribution in [0.15, 0.2) is 60.7 Å². The van der Waals surface area contributed by atoms with Crippen LogP contribution in [0.3, 0.4) is 0 Å². The van der Waals surface area contributed by atoms with Gasteiger partial charge in [0.25, 0.3) is 0 Å². The van der Waals surface area contributed by atoms with E-state index in [0.29, 0.717) is 6.54 Å². The summed E-state index contributed by atoms with van der Waals surface area (Å²) in [5.41, 5.74) is 4.79. The summed E-state index contributed by atoms with van der Waals surface area (Å²) in [5.74, 6) is -0.150. The van der Waals surface area contributed by atoms with E-state index in [2.05, 4.69) is 29.6 Å². The van der Waals surface area contributed by atoms with Gasteiger partial charge in [0.2, 0.25) is 0 Å². The fourth-order valence-corrected chi connectivity index (χ4v) is 5.00. The van der Waals surface area contributed by atoms with E-state index in [-0.39, 0.29) is 31.0 Å². The molecule has 0 aromatic heterocycles. The molecule has 0 unspecified atom stereocenters. The summed E-state index contributed by atoms with van der Waals surface area (Å²) in [5, 5.41) is 2.73. The second-order valence-corrected chi connectivity index (χ2v) is 9.19. The number of ether oxygens (including phenoxy) is 2. The Kier molecular flexibility index (Phi) is 8.78. The summed E-state index contributed by atoms with van der Waals surface area (Å²) < 4.78 is 11.2. The van der Waals surface area contributed by atoms with Crippen LogP contribution in [0.2, 0.25) is 0 Å². The monoisotopic (exact) mass is 461 g/mol. The van der Waals surface area contributed by atoms with Crippen LogP contribution < -0.4 is 5.32 Å². The van der Waals surface area contributed by atoms with Crippen LogP contribution in [0.5, 0.6) is 0 Å². The number of esters is 1. The van der Waals surface area contributed by atoms with Crippen LogP contribution in [-0.2, 0) is 14.3 Å². The zero-order valence-corrected chi connectivity index (χ0v) is 19.8. The molecule has 0 radical (unpaired) electrons. The summed E-state index contributed by atoms with van der Waals surface area (Å²) in [6, 6.07) is 16.5. The highest BCUT2D eigenvalue weighted by Crippen LogP contribution is 2.44. The highest BCUT2D eigenvalue weighted by Gasteiger charge is 2.28. The van der Waals surface area contributed by atoms with Gasteiger partial charge in [-0.1, -0.05) is 86.4 Å². The van der Waals surface area contributed by atoms with Crippen molar-refractivity contribution in [3.63, 3.8) is 0 Å². The third-order valence-corrected chi connectivity index (χ3v) is 6.76. The van der Waals surface area contributed by atoms with Gasteiger partial charge in [-0.05, 0) is 47.9 Å². The number of rotatable bonds is 7. The number of nitrogens with one attached hydrogen (secondary N) is 1. The Labute approximate surface area is 202 Å². The number of hydrogen-bond donors (Lipinski definition) is 1. The molecule has 2 aromatic rings. The minimum Gasteiger partial charge on any atom is -0.462 e. The summed E-state index contributed by atoms with van der Waals surface area (Å²) in [7, 11) is 0. The molecule has 5 heteroatoms. The number of amides is 1. The van der Waals surface area contributed by atoms with Crippen molar-refractivity contribution >= 4 is 12.1 Å². The molecule has 1 N–H and O–H groups in total. The fourth-order valence-electron chi connectivity index (χ4n) is 5.00. The number of alkyl carbamates (subject to hydrolysis) is 1. The first-order chi connectivity index (χ1) is 16.7. The van der Waals surface area contributed by atoms with E-state index in [1.165, 1.54) is 47.9 Å². The first-order valence-corrected chi connectivity index (χ1v) is 12.7. The van der Waals surface area contributed by atoms with Crippen molar-refractivity contribution in [3.8, 4) is 11.1 Å². The first-order valence-electron chi connectivity index (χ1n) is 12.7. The molecule has 0 bridgehead atoms. The van der Waals surface area contributed by atoms with E-state index < -0.39 is 6.09 Å². The summed E-state index contributed by atoms with van der Waals surface area (Å²) >= 11 is 0. The Morgan fingerprint density at radius 1 is 0.824 bits per heavy atom. The number of carbonyl (C=O) groups is 2. The van der Waals surface area contributed by atoms with Crippen LogP contribution in [0.25, 0.3) is 11.1 Å².